The Labute approximate surface area is 172 Å². The lowest BCUT2D eigenvalue weighted by Gasteiger charge is -2.37. The molecule has 0 saturated carbocycles. The Morgan fingerprint density at radius 1 is 1.04 bits per heavy atom. The van der Waals surface area contributed by atoms with E-state index in [0.717, 1.165) is 49.5 Å². The third kappa shape index (κ3) is 4.68. The van der Waals surface area contributed by atoms with Gasteiger partial charge in [-0.1, -0.05) is 29.8 Å². The van der Waals surface area contributed by atoms with Crippen LogP contribution >= 0.6 is 24.0 Å². The van der Waals surface area contributed by atoms with Crippen LogP contribution in [-0.4, -0.2) is 32.2 Å². The second-order valence-electron chi connectivity index (χ2n) is 6.67. The number of piperidine rings is 1. The molecule has 2 aromatic carbocycles. The van der Waals surface area contributed by atoms with Gasteiger partial charge < -0.3 is 9.47 Å². The second-order valence-corrected chi connectivity index (χ2v) is 7.10. The predicted octanol–water partition coefficient (Wildman–Crippen LogP) is 4.84. The zero-order valence-corrected chi connectivity index (χ0v) is 17.1. The number of ether oxygens (including phenoxy) is 2. The van der Waals surface area contributed by atoms with E-state index in [4.69, 9.17) is 21.1 Å². The first-order valence-electron chi connectivity index (χ1n) is 8.71. The number of hydrogen-bond acceptors (Lipinski definition) is 4. The van der Waals surface area contributed by atoms with Gasteiger partial charge in [-0.25, -0.2) is 0 Å². The average molecular weight is 407 g/mol. The van der Waals surface area contributed by atoms with Crippen molar-refractivity contribution in [3.63, 3.8) is 0 Å². The molecule has 1 aliphatic heterocycles. The van der Waals surface area contributed by atoms with E-state index in [9.17, 15) is 5.26 Å². The minimum absolute atomic E-state index is 0. The molecule has 0 radical (unpaired) electrons. The van der Waals surface area contributed by atoms with Crippen LogP contribution in [-0.2, 0) is 12.0 Å². The molecular weight excluding hydrogens is 383 g/mol. The summed E-state index contributed by atoms with van der Waals surface area (Å²) in [7, 11) is 3.29. The molecule has 2 aromatic rings. The number of benzene rings is 2. The summed E-state index contributed by atoms with van der Waals surface area (Å²) < 4.78 is 10.7. The number of nitrogens with zero attached hydrogens (tertiary/aromatic N) is 2. The van der Waals surface area contributed by atoms with Crippen LogP contribution in [0.25, 0.3) is 0 Å². The summed E-state index contributed by atoms with van der Waals surface area (Å²) in [4.78, 5) is 2.38. The van der Waals surface area contributed by atoms with Gasteiger partial charge >= 0.3 is 0 Å². The first kappa shape index (κ1) is 21.4. The molecule has 0 bridgehead atoms. The molecule has 0 N–H and O–H groups in total. The van der Waals surface area contributed by atoms with Crippen LogP contribution in [0.15, 0.2) is 42.5 Å². The number of rotatable bonds is 5. The average Bonchev–Trinajstić information content (AvgIpc) is 2.69. The topological polar surface area (TPSA) is 45.5 Å². The molecule has 1 fully saturated rings. The molecular formula is C21H24Cl2N2O2. The summed E-state index contributed by atoms with van der Waals surface area (Å²) in [5, 5.41) is 10.5. The molecule has 27 heavy (non-hydrogen) atoms. The van der Waals surface area contributed by atoms with Gasteiger partial charge in [-0.05, 0) is 48.2 Å². The second kappa shape index (κ2) is 9.32. The van der Waals surface area contributed by atoms with E-state index < -0.39 is 5.41 Å². The van der Waals surface area contributed by atoms with E-state index in [-0.39, 0.29) is 12.4 Å². The minimum atomic E-state index is -0.418. The van der Waals surface area contributed by atoms with Gasteiger partial charge in [-0.2, -0.15) is 5.26 Å². The quantitative estimate of drug-likeness (QED) is 0.712. The fourth-order valence-corrected chi connectivity index (χ4v) is 3.69. The first-order chi connectivity index (χ1) is 12.6. The monoisotopic (exact) mass is 406 g/mol. The Balaban J connectivity index is 0.00000261. The van der Waals surface area contributed by atoms with Gasteiger partial charge in [0.2, 0.25) is 0 Å². The van der Waals surface area contributed by atoms with Crippen LogP contribution in [0.4, 0.5) is 0 Å². The number of halogens is 2. The van der Waals surface area contributed by atoms with Crippen molar-refractivity contribution in [2.75, 3.05) is 27.3 Å². The maximum Gasteiger partial charge on any atom is 0.161 e. The van der Waals surface area contributed by atoms with Crippen molar-refractivity contribution in [2.24, 2.45) is 0 Å². The summed E-state index contributed by atoms with van der Waals surface area (Å²) in [6.07, 6.45) is 1.64. The molecule has 6 heteroatoms. The van der Waals surface area contributed by atoms with Crippen LogP contribution in [0.1, 0.15) is 24.0 Å². The fraction of sp³-hybridized carbons (Fsp3) is 0.381. The van der Waals surface area contributed by atoms with Gasteiger partial charge in [-0.15, -0.1) is 12.4 Å². The predicted molar refractivity (Wildman–Crippen MR) is 110 cm³/mol. The largest absolute Gasteiger partial charge is 0.493 e. The Morgan fingerprint density at radius 3 is 2.22 bits per heavy atom. The molecule has 4 nitrogen and oxygen atoms in total. The standard InChI is InChI=1S/C21H23ClN2O2.ClH/c1-25-19-8-3-16(13-20(19)26-2)14-24-11-9-21(15-23,10-12-24)17-4-6-18(22)7-5-17;/h3-8,13H,9-12,14H2,1-2H3;1H. The summed E-state index contributed by atoms with van der Waals surface area (Å²) in [5.41, 5.74) is 1.83. The van der Waals surface area contributed by atoms with Gasteiger partial charge in [0.05, 0.1) is 25.7 Å². The maximum absolute atomic E-state index is 9.83. The molecule has 0 spiro atoms. The number of nitriles is 1. The van der Waals surface area contributed by atoms with Crippen molar-refractivity contribution < 1.29 is 9.47 Å². The summed E-state index contributed by atoms with van der Waals surface area (Å²) >= 11 is 5.99. The normalized spacial score (nSPS) is 16.1. The molecule has 0 aliphatic carbocycles. The lowest BCUT2D eigenvalue weighted by molar-refractivity contribution is 0.179. The molecule has 0 amide bonds. The number of methoxy groups -OCH3 is 2. The van der Waals surface area contributed by atoms with Crippen LogP contribution in [0, 0.1) is 11.3 Å². The van der Waals surface area contributed by atoms with Crippen molar-refractivity contribution in [2.45, 2.75) is 24.8 Å². The summed E-state index contributed by atoms with van der Waals surface area (Å²) in [6.45, 7) is 2.59. The van der Waals surface area contributed by atoms with Crippen molar-refractivity contribution in [3.05, 3.63) is 58.6 Å². The van der Waals surface area contributed by atoms with E-state index in [1.165, 1.54) is 5.56 Å². The van der Waals surface area contributed by atoms with Gasteiger partial charge in [0.15, 0.2) is 11.5 Å². The SMILES string of the molecule is COc1ccc(CN2CCC(C#N)(c3ccc(Cl)cc3)CC2)cc1OC.Cl. The van der Waals surface area contributed by atoms with Gasteiger partial charge in [-0.3, -0.25) is 4.90 Å². The van der Waals surface area contributed by atoms with E-state index in [1.54, 1.807) is 14.2 Å². The fourth-order valence-electron chi connectivity index (χ4n) is 3.56. The molecule has 1 saturated heterocycles. The van der Waals surface area contributed by atoms with E-state index in [0.29, 0.717) is 5.02 Å². The zero-order chi connectivity index (χ0) is 18.6. The molecule has 1 aliphatic rings. The highest BCUT2D eigenvalue weighted by atomic mass is 35.5. The third-order valence-corrected chi connectivity index (χ3v) is 5.43. The molecule has 3 rings (SSSR count). The molecule has 0 unspecified atom stereocenters. The van der Waals surface area contributed by atoms with E-state index in [1.807, 2.05) is 36.4 Å². The highest BCUT2D eigenvalue weighted by molar-refractivity contribution is 6.30. The van der Waals surface area contributed by atoms with Crippen molar-refractivity contribution in [1.82, 2.24) is 4.90 Å². The summed E-state index contributed by atoms with van der Waals surface area (Å²) in [6, 6.07) is 16.3. The third-order valence-electron chi connectivity index (χ3n) is 5.17. The Kier molecular flexibility index (Phi) is 7.38. The number of likely N-dealkylation sites (tertiary alicyclic amines) is 1. The van der Waals surface area contributed by atoms with E-state index in [2.05, 4.69) is 17.0 Å². The highest BCUT2D eigenvalue weighted by Crippen LogP contribution is 2.36. The highest BCUT2D eigenvalue weighted by Gasteiger charge is 2.36. The van der Waals surface area contributed by atoms with E-state index >= 15 is 0 Å². The van der Waals surface area contributed by atoms with Crippen LogP contribution in [0.3, 0.4) is 0 Å². The van der Waals surface area contributed by atoms with Crippen LogP contribution < -0.4 is 9.47 Å². The minimum Gasteiger partial charge on any atom is -0.493 e. The number of hydrogen-bond donors (Lipinski definition) is 0. The van der Waals surface area contributed by atoms with Crippen molar-refractivity contribution >= 4 is 24.0 Å². The first-order valence-corrected chi connectivity index (χ1v) is 9.08. The van der Waals surface area contributed by atoms with Gasteiger partial charge in [0, 0.05) is 24.7 Å². The van der Waals surface area contributed by atoms with Crippen LogP contribution in [0.5, 0.6) is 11.5 Å². The molecule has 1 heterocycles. The zero-order valence-electron chi connectivity index (χ0n) is 15.6. The lowest BCUT2D eigenvalue weighted by atomic mass is 9.74. The maximum atomic E-state index is 9.83. The van der Waals surface area contributed by atoms with Gasteiger partial charge in [0.1, 0.15) is 0 Å². The smallest absolute Gasteiger partial charge is 0.161 e. The summed E-state index contributed by atoms with van der Waals surface area (Å²) in [5.74, 6) is 1.48. The molecule has 144 valence electrons. The Morgan fingerprint density at radius 2 is 1.67 bits per heavy atom. The van der Waals surface area contributed by atoms with Crippen LogP contribution in [0.2, 0.25) is 5.02 Å². The lowest BCUT2D eigenvalue weighted by Crippen LogP contribution is -2.41. The molecule has 0 aromatic heterocycles. The van der Waals surface area contributed by atoms with Crippen molar-refractivity contribution in [3.8, 4) is 17.6 Å². The molecule has 0 atom stereocenters. The van der Waals surface area contributed by atoms with Crippen molar-refractivity contribution in [1.29, 1.82) is 5.26 Å². The Hall–Kier alpha value is -1.93. The van der Waals surface area contributed by atoms with Gasteiger partial charge in [0.25, 0.3) is 0 Å². The Bertz CT molecular complexity index is 795.